The Hall–Kier alpha value is -2.40. The van der Waals surface area contributed by atoms with Crippen LogP contribution in [0.3, 0.4) is 0 Å². The third-order valence-electron chi connectivity index (χ3n) is 2.80. The molecule has 20 heavy (non-hydrogen) atoms. The number of aromatic carboxylic acids is 1. The monoisotopic (exact) mass is 291 g/mol. The Kier molecular flexibility index (Phi) is 2.91. The zero-order valence-corrected chi connectivity index (χ0v) is 10.7. The third-order valence-corrected chi connectivity index (χ3v) is 3.11. The second kappa shape index (κ2) is 4.61. The number of carboxylic acids is 1. The first-order valence-corrected chi connectivity index (χ1v) is 6.02. The molecule has 3 aromatic rings. The van der Waals surface area contributed by atoms with Crippen LogP contribution in [0.1, 0.15) is 10.4 Å². The molecule has 0 saturated carbocycles. The molecule has 0 aliphatic carbocycles. The van der Waals surface area contributed by atoms with Crippen molar-refractivity contribution in [3.63, 3.8) is 0 Å². The smallest absolute Gasteiger partial charge is 0.335 e. The molecule has 1 heterocycles. The van der Waals surface area contributed by atoms with Gasteiger partial charge in [-0.15, -0.1) is 0 Å². The molecule has 0 aliphatic rings. The second-order valence-electron chi connectivity index (χ2n) is 4.13. The minimum absolute atomic E-state index is 0.113. The van der Waals surface area contributed by atoms with Gasteiger partial charge >= 0.3 is 5.97 Å². The van der Waals surface area contributed by atoms with Crippen LogP contribution in [0.5, 0.6) is 0 Å². The van der Waals surface area contributed by atoms with Gasteiger partial charge in [0, 0.05) is 0 Å². The maximum Gasteiger partial charge on any atom is 0.335 e. The van der Waals surface area contributed by atoms with Crippen molar-refractivity contribution in [2.24, 2.45) is 0 Å². The maximum absolute atomic E-state index is 13.0. The van der Waals surface area contributed by atoms with Crippen LogP contribution in [0.25, 0.3) is 22.6 Å². The first-order chi connectivity index (χ1) is 9.54. The van der Waals surface area contributed by atoms with Gasteiger partial charge in [-0.05, 0) is 36.4 Å². The van der Waals surface area contributed by atoms with E-state index in [2.05, 4.69) is 4.98 Å². The topological polar surface area (TPSA) is 63.3 Å². The Morgan fingerprint density at radius 2 is 2.05 bits per heavy atom. The SMILES string of the molecule is O=C(O)c1ccc2oc(-c3ccc(F)cc3Cl)nc2c1. The summed E-state index contributed by atoms with van der Waals surface area (Å²) in [5.74, 6) is -1.29. The predicted molar refractivity (Wildman–Crippen MR) is 71.4 cm³/mol. The number of carboxylic acid groups (broad SMARTS) is 1. The van der Waals surface area contributed by atoms with Gasteiger partial charge in [0.25, 0.3) is 0 Å². The summed E-state index contributed by atoms with van der Waals surface area (Å²) >= 11 is 5.94. The molecule has 0 radical (unpaired) electrons. The molecule has 0 aliphatic heterocycles. The zero-order valence-electron chi connectivity index (χ0n) is 9.93. The van der Waals surface area contributed by atoms with E-state index in [-0.39, 0.29) is 16.5 Å². The lowest BCUT2D eigenvalue weighted by atomic mass is 10.2. The van der Waals surface area contributed by atoms with Crippen molar-refractivity contribution in [3.8, 4) is 11.5 Å². The number of nitrogens with zero attached hydrogens (tertiary/aromatic N) is 1. The summed E-state index contributed by atoms with van der Waals surface area (Å²) < 4.78 is 18.5. The largest absolute Gasteiger partial charge is 0.478 e. The number of aromatic nitrogens is 1. The number of hydrogen-bond acceptors (Lipinski definition) is 3. The highest BCUT2D eigenvalue weighted by atomic mass is 35.5. The molecular formula is C14H7ClFNO3. The molecule has 0 bridgehead atoms. The first-order valence-electron chi connectivity index (χ1n) is 5.64. The number of rotatable bonds is 2. The van der Waals surface area contributed by atoms with Gasteiger partial charge in [0.1, 0.15) is 11.3 Å². The van der Waals surface area contributed by atoms with Crippen LogP contribution < -0.4 is 0 Å². The molecule has 1 N–H and O–H groups in total. The van der Waals surface area contributed by atoms with Gasteiger partial charge in [0.15, 0.2) is 5.58 Å². The Bertz CT molecular complexity index is 828. The Morgan fingerprint density at radius 1 is 1.25 bits per heavy atom. The van der Waals surface area contributed by atoms with E-state index in [1.54, 1.807) is 0 Å². The Labute approximate surface area is 117 Å². The minimum atomic E-state index is -1.05. The Morgan fingerprint density at radius 3 is 2.75 bits per heavy atom. The lowest BCUT2D eigenvalue weighted by molar-refractivity contribution is 0.0697. The lowest BCUT2D eigenvalue weighted by Gasteiger charge is -1.98. The predicted octanol–water partition coefficient (Wildman–Crippen LogP) is 3.99. The maximum atomic E-state index is 13.0. The summed E-state index contributed by atoms with van der Waals surface area (Å²) in [4.78, 5) is 15.1. The summed E-state index contributed by atoms with van der Waals surface area (Å²) in [5, 5.41) is 9.10. The van der Waals surface area contributed by atoms with Crippen molar-refractivity contribution >= 4 is 28.7 Å². The lowest BCUT2D eigenvalue weighted by Crippen LogP contribution is -1.94. The average molecular weight is 292 g/mol. The summed E-state index contributed by atoms with van der Waals surface area (Å²) in [6, 6.07) is 8.22. The normalized spacial score (nSPS) is 10.9. The van der Waals surface area contributed by atoms with E-state index in [9.17, 15) is 9.18 Å². The summed E-state index contributed by atoms with van der Waals surface area (Å²) in [5.41, 5.74) is 1.40. The standard InChI is InChI=1S/C14H7ClFNO3/c15-10-6-8(16)2-3-9(10)13-17-11-5-7(14(18)19)1-4-12(11)20-13/h1-6H,(H,18,19). The Balaban J connectivity index is 2.15. The van der Waals surface area contributed by atoms with E-state index in [0.717, 1.165) is 6.07 Å². The van der Waals surface area contributed by atoms with Gasteiger partial charge < -0.3 is 9.52 Å². The van der Waals surface area contributed by atoms with Gasteiger partial charge in [-0.25, -0.2) is 14.2 Å². The molecule has 3 rings (SSSR count). The third kappa shape index (κ3) is 2.12. The summed E-state index contributed by atoms with van der Waals surface area (Å²) in [6.45, 7) is 0. The molecule has 4 nitrogen and oxygen atoms in total. The molecule has 0 amide bonds. The highest BCUT2D eigenvalue weighted by Crippen LogP contribution is 2.30. The number of halogens is 2. The molecule has 2 aromatic carbocycles. The molecule has 1 aromatic heterocycles. The number of oxazole rings is 1. The molecule has 100 valence electrons. The highest BCUT2D eigenvalue weighted by Gasteiger charge is 2.13. The number of benzene rings is 2. The average Bonchev–Trinajstić information content (AvgIpc) is 2.80. The molecule has 0 spiro atoms. The van der Waals surface area contributed by atoms with Crippen molar-refractivity contribution in [3.05, 3.63) is 52.8 Å². The van der Waals surface area contributed by atoms with Crippen LogP contribution in [0.2, 0.25) is 5.02 Å². The van der Waals surface area contributed by atoms with E-state index in [1.807, 2.05) is 0 Å². The fourth-order valence-electron chi connectivity index (χ4n) is 1.84. The minimum Gasteiger partial charge on any atom is -0.478 e. The van der Waals surface area contributed by atoms with Gasteiger partial charge in [0.2, 0.25) is 5.89 Å². The molecule has 0 fully saturated rings. The molecular weight excluding hydrogens is 285 g/mol. The van der Waals surface area contributed by atoms with Crippen LogP contribution in [-0.4, -0.2) is 16.1 Å². The van der Waals surface area contributed by atoms with E-state index in [4.69, 9.17) is 21.1 Å². The van der Waals surface area contributed by atoms with Gasteiger partial charge in [0.05, 0.1) is 16.1 Å². The number of fused-ring (bicyclic) bond motifs is 1. The van der Waals surface area contributed by atoms with E-state index in [0.29, 0.717) is 16.7 Å². The number of hydrogen-bond donors (Lipinski definition) is 1. The van der Waals surface area contributed by atoms with Crippen LogP contribution in [0.15, 0.2) is 40.8 Å². The van der Waals surface area contributed by atoms with Gasteiger partial charge in [-0.2, -0.15) is 0 Å². The molecule has 0 saturated heterocycles. The van der Waals surface area contributed by atoms with Crippen molar-refractivity contribution in [2.45, 2.75) is 0 Å². The van der Waals surface area contributed by atoms with Crippen LogP contribution >= 0.6 is 11.6 Å². The molecule has 0 atom stereocenters. The van der Waals surface area contributed by atoms with E-state index in [1.165, 1.54) is 30.3 Å². The number of carbonyl (C=O) groups is 1. The van der Waals surface area contributed by atoms with E-state index < -0.39 is 11.8 Å². The molecule has 6 heteroatoms. The fourth-order valence-corrected chi connectivity index (χ4v) is 2.09. The summed E-state index contributed by atoms with van der Waals surface area (Å²) in [7, 11) is 0. The quantitative estimate of drug-likeness (QED) is 0.775. The van der Waals surface area contributed by atoms with Crippen LogP contribution in [-0.2, 0) is 0 Å². The van der Waals surface area contributed by atoms with Crippen molar-refractivity contribution in [1.82, 2.24) is 4.98 Å². The van der Waals surface area contributed by atoms with Gasteiger partial charge in [-0.3, -0.25) is 0 Å². The first kappa shape index (κ1) is 12.6. The van der Waals surface area contributed by atoms with Crippen molar-refractivity contribution < 1.29 is 18.7 Å². The fraction of sp³-hybridized carbons (Fsp3) is 0. The van der Waals surface area contributed by atoms with Crippen molar-refractivity contribution in [1.29, 1.82) is 0 Å². The second-order valence-corrected chi connectivity index (χ2v) is 4.54. The molecule has 0 unspecified atom stereocenters. The van der Waals surface area contributed by atoms with E-state index >= 15 is 0 Å². The van der Waals surface area contributed by atoms with Crippen molar-refractivity contribution in [2.75, 3.05) is 0 Å². The summed E-state index contributed by atoms with van der Waals surface area (Å²) in [6.07, 6.45) is 0. The van der Waals surface area contributed by atoms with Crippen LogP contribution in [0, 0.1) is 5.82 Å². The zero-order chi connectivity index (χ0) is 14.3. The van der Waals surface area contributed by atoms with Crippen LogP contribution in [0.4, 0.5) is 4.39 Å². The highest BCUT2D eigenvalue weighted by molar-refractivity contribution is 6.33. The van der Waals surface area contributed by atoms with Gasteiger partial charge in [-0.1, -0.05) is 11.6 Å².